The molecule has 1 saturated heterocycles. The molecule has 2 aliphatic rings. The summed E-state index contributed by atoms with van der Waals surface area (Å²) in [7, 11) is -4.12. The van der Waals surface area contributed by atoms with Gasteiger partial charge in [0.1, 0.15) is 11.9 Å². The standard InChI is InChI=1S/C22H22ClFN2O4S/c23-15-6-10-17(11-7-15)25-21(27)14-20(22(25)28)26(18-4-2-1-3-5-18)31(29,30)19-12-8-16(24)9-13-19/h6-13,18,20H,1-5,14H2. The van der Waals surface area contributed by atoms with Crippen LogP contribution < -0.4 is 4.90 Å². The van der Waals surface area contributed by atoms with Gasteiger partial charge >= 0.3 is 0 Å². The Labute approximate surface area is 185 Å². The monoisotopic (exact) mass is 464 g/mol. The largest absolute Gasteiger partial charge is 0.274 e. The molecule has 0 aromatic heterocycles. The van der Waals surface area contributed by atoms with E-state index in [1.54, 1.807) is 24.3 Å². The zero-order valence-electron chi connectivity index (χ0n) is 16.7. The molecule has 0 bridgehead atoms. The number of imide groups is 1. The second kappa shape index (κ2) is 8.68. The predicted octanol–water partition coefficient (Wildman–Crippen LogP) is 4.13. The molecule has 1 aliphatic carbocycles. The average Bonchev–Trinajstić information content (AvgIpc) is 3.03. The Hall–Kier alpha value is -2.29. The normalized spacial score (nSPS) is 20.6. The number of sulfonamides is 1. The van der Waals surface area contributed by atoms with E-state index in [2.05, 4.69) is 0 Å². The predicted molar refractivity (Wildman–Crippen MR) is 115 cm³/mol. The molecule has 9 heteroatoms. The third-order valence-corrected chi connectivity index (χ3v) is 8.07. The van der Waals surface area contributed by atoms with Crippen LogP contribution in [0.3, 0.4) is 0 Å². The molecular weight excluding hydrogens is 443 g/mol. The maximum absolute atomic E-state index is 13.6. The molecule has 2 fully saturated rings. The Morgan fingerprint density at radius 3 is 2.16 bits per heavy atom. The summed E-state index contributed by atoms with van der Waals surface area (Å²) in [6.45, 7) is 0. The van der Waals surface area contributed by atoms with Crippen molar-refractivity contribution in [3.8, 4) is 0 Å². The van der Waals surface area contributed by atoms with E-state index in [4.69, 9.17) is 11.6 Å². The van der Waals surface area contributed by atoms with Crippen LogP contribution >= 0.6 is 11.6 Å². The van der Waals surface area contributed by atoms with Crippen LogP contribution in [0.15, 0.2) is 53.4 Å². The van der Waals surface area contributed by atoms with Crippen LogP contribution in [0.5, 0.6) is 0 Å². The van der Waals surface area contributed by atoms with Crippen molar-refractivity contribution in [3.05, 3.63) is 59.4 Å². The highest BCUT2D eigenvalue weighted by Crippen LogP contribution is 2.35. The number of carbonyl (C=O) groups excluding carboxylic acids is 2. The van der Waals surface area contributed by atoms with Gasteiger partial charge in [-0.15, -0.1) is 0 Å². The van der Waals surface area contributed by atoms with E-state index in [9.17, 15) is 22.4 Å². The van der Waals surface area contributed by atoms with Crippen LogP contribution in [0.2, 0.25) is 5.02 Å². The van der Waals surface area contributed by atoms with E-state index in [-0.39, 0.29) is 11.3 Å². The molecule has 1 atom stereocenters. The molecular formula is C22H22ClFN2O4S. The number of benzene rings is 2. The van der Waals surface area contributed by atoms with Gasteiger partial charge in [0, 0.05) is 11.1 Å². The summed E-state index contributed by atoms with van der Waals surface area (Å²) in [6.07, 6.45) is 3.66. The van der Waals surface area contributed by atoms with Crippen molar-refractivity contribution in [1.82, 2.24) is 4.31 Å². The summed E-state index contributed by atoms with van der Waals surface area (Å²) in [5, 5.41) is 0.460. The lowest BCUT2D eigenvalue weighted by atomic mass is 9.94. The smallest absolute Gasteiger partial charge is 0.252 e. The number of hydrogen-bond donors (Lipinski definition) is 0. The molecule has 0 radical (unpaired) electrons. The maximum Gasteiger partial charge on any atom is 0.252 e. The van der Waals surface area contributed by atoms with E-state index >= 15 is 0 Å². The van der Waals surface area contributed by atoms with Crippen molar-refractivity contribution in [2.24, 2.45) is 0 Å². The third-order valence-electron chi connectivity index (χ3n) is 5.84. The summed E-state index contributed by atoms with van der Waals surface area (Å²) >= 11 is 5.91. The van der Waals surface area contributed by atoms with Crippen LogP contribution in [-0.2, 0) is 19.6 Å². The molecule has 0 N–H and O–H groups in total. The zero-order valence-corrected chi connectivity index (χ0v) is 18.3. The molecule has 0 spiro atoms. The summed E-state index contributed by atoms with van der Waals surface area (Å²) in [5.74, 6) is -1.60. The summed E-state index contributed by atoms with van der Waals surface area (Å²) in [4.78, 5) is 27.0. The first-order valence-corrected chi connectivity index (χ1v) is 12.0. The SMILES string of the molecule is O=C1CC(N(C2CCCCC2)S(=O)(=O)c2ccc(F)cc2)C(=O)N1c1ccc(Cl)cc1. The highest BCUT2D eigenvalue weighted by molar-refractivity contribution is 7.89. The van der Waals surface area contributed by atoms with Gasteiger partial charge in [-0.2, -0.15) is 4.31 Å². The minimum absolute atomic E-state index is 0.0929. The number of hydrogen-bond acceptors (Lipinski definition) is 4. The lowest BCUT2D eigenvalue weighted by Gasteiger charge is -2.36. The summed E-state index contributed by atoms with van der Waals surface area (Å²) < 4.78 is 41.7. The first-order chi connectivity index (χ1) is 14.8. The zero-order chi connectivity index (χ0) is 22.2. The van der Waals surface area contributed by atoms with E-state index in [0.29, 0.717) is 23.6 Å². The molecule has 2 aromatic rings. The van der Waals surface area contributed by atoms with Gasteiger partial charge in [0.15, 0.2) is 0 Å². The van der Waals surface area contributed by atoms with Gasteiger partial charge in [0.25, 0.3) is 5.91 Å². The molecule has 31 heavy (non-hydrogen) atoms. The number of anilines is 1. The number of amides is 2. The second-order valence-electron chi connectivity index (χ2n) is 7.84. The van der Waals surface area contributed by atoms with Crippen molar-refractivity contribution >= 4 is 39.1 Å². The lowest BCUT2D eigenvalue weighted by molar-refractivity contribution is -0.122. The molecule has 2 amide bonds. The van der Waals surface area contributed by atoms with E-state index in [0.717, 1.165) is 36.3 Å². The van der Waals surface area contributed by atoms with Crippen LogP contribution in [-0.4, -0.2) is 36.6 Å². The fraction of sp³-hybridized carbons (Fsp3) is 0.364. The van der Waals surface area contributed by atoms with Crippen molar-refractivity contribution < 1.29 is 22.4 Å². The maximum atomic E-state index is 13.6. The van der Waals surface area contributed by atoms with Crippen LogP contribution in [0.1, 0.15) is 38.5 Å². The fourth-order valence-electron chi connectivity index (χ4n) is 4.36. The molecule has 1 saturated carbocycles. The van der Waals surface area contributed by atoms with Gasteiger partial charge in [-0.25, -0.2) is 17.7 Å². The minimum Gasteiger partial charge on any atom is -0.274 e. The van der Waals surface area contributed by atoms with E-state index in [1.807, 2.05) is 0 Å². The van der Waals surface area contributed by atoms with Crippen LogP contribution in [0, 0.1) is 5.82 Å². The van der Waals surface area contributed by atoms with Gasteiger partial charge in [0.05, 0.1) is 17.0 Å². The van der Waals surface area contributed by atoms with Crippen molar-refractivity contribution in [3.63, 3.8) is 0 Å². The topological polar surface area (TPSA) is 74.8 Å². The minimum atomic E-state index is -4.12. The number of halogens is 2. The van der Waals surface area contributed by atoms with Crippen molar-refractivity contribution in [1.29, 1.82) is 0 Å². The first-order valence-electron chi connectivity index (χ1n) is 10.2. The van der Waals surface area contributed by atoms with Crippen LogP contribution in [0.25, 0.3) is 0 Å². The van der Waals surface area contributed by atoms with Gasteiger partial charge in [-0.3, -0.25) is 9.59 Å². The fourth-order valence-corrected chi connectivity index (χ4v) is 6.31. The summed E-state index contributed by atoms with van der Waals surface area (Å²) in [6, 6.07) is 9.26. The van der Waals surface area contributed by atoms with Crippen LogP contribution in [0.4, 0.5) is 10.1 Å². The van der Waals surface area contributed by atoms with Gasteiger partial charge < -0.3 is 0 Å². The molecule has 1 heterocycles. The van der Waals surface area contributed by atoms with E-state index < -0.39 is 39.7 Å². The van der Waals surface area contributed by atoms with E-state index in [1.165, 1.54) is 16.4 Å². The molecule has 1 aliphatic heterocycles. The number of rotatable bonds is 5. The number of nitrogens with zero attached hydrogens (tertiary/aromatic N) is 2. The van der Waals surface area contributed by atoms with Gasteiger partial charge in [-0.05, 0) is 61.4 Å². The quantitative estimate of drug-likeness (QED) is 0.623. The lowest BCUT2D eigenvalue weighted by Crippen LogP contribution is -2.51. The van der Waals surface area contributed by atoms with Gasteiger partial charge in [-0.1, -0.05) is 30.9 Å². The third kappa shape index (κ3) is 4.24. The molecule has 2 aromatic carbocycles. The van der Waals surface area contributed by atoms with Crippen molar-refractivity contribution in [2.45, 2.75) is 55.5 Å². The van der Waals surface area contributed by atoms with Gasteiger partial charge in [0.2, 0.25) is 15.9 Å². The Balaban J connectivity index is 1.73. The Kier molecular flexibility index (Phi) is 6.14. The molecule has 164 valence electrons. The summed E-state index contributed by atoms with van der Waals surface area (Å²) in [5.41, 5.74) is 0.352. The second-order valence-corrected chi connectivity index (χ2v) is 10.1. The first kappa shape index (κ1) is 21.9. The average molecular weight is 465 g/mol. The Morgan fingerprint density at radius 2 is 1.55 bits per heavy atom. The number of carbonyl (C=O) groups is 2. The molecule has 1 unspecified atom stereocenters. The Bertz CT molecular complexity index is 1080. The highest BCUT2D eigenvalue weighted by atomic mass is 35.5. The molecule has 4 rings (SSSR count). The highest BCUT2D eigenvalue weighted by Gasteiger charge is 2.49. The van der Waals surface area contributed by atoms with Crippen molar-refractivity contribution in [2.75, 3.05) is 4.90 Å². The Morgan fingerprint density at radius 1 is 0.935 bits per heavy atom. The molecule has 6 nitrogen and oxygen atoms in total.